The van der Waals surface area contributed by atoms with Gasteiger partial charge in [-0.1, -0.05) is 42.5 Å². The lowest BCUT2D eigenvalue weighted by Crippen LogP contribution is -2.20. The van der Waals surface area contributed by atoms with Gasteiger partial charge in [-0.2, -0.15) is 14.0 Å². The standard InChI is InChI=1S/C25H26F3NO/c1-2-3-18-4-7-20(8-5-18)21-10-12-23(13-11-21)25(27,28)30-15-14-19-6-9-22(17-29)24(26)16-19/h2-3,6,9-13,16,18,20H,4-5,7-8,14-15H2,1H3/b3-2+. The lowest BCUT2D eigenvalue weighted by molar-refractivity contribution is -0.248. The molecule has 1 aliphatic rings. The van der Waals surface area contributed by atoms with Gasteiger partial charge in [0.25, 0.3) is 0 Å². The van der Waals surface area contributed by atoms with Crippen molar-refractivity contribution in [2.24, 2.45) is 5.92 Å². The molecule has 1 aliphatic carbocycles. The number of benzene rings is 2. The highest BCUT2D eigenvalue weighted by Gasteiger charge is 2.33. The van der Waals surface area contributed by atoms with E-state index in [0.29, 0.717) is 17.4 Å². The van der Waals surface area contributed by atoms with E-state index < -0.39 is 11.9 Å². The van der Waals surface area contributed by atoms with E-state index in [9.17, 15) is 13.2 Å². The summed E-state index contributed by atoms with van der Waals surface area (Å²) in [5, 5.41) is 8.74. The lowest BCUT2D eigenvalue weighted by atomic mass is 9.78. The molecule has 0 saturated heterocycles. The minimum atomic E-state index is -3.41. The van der Waals surface area contributed by atoms with Gasteiger partial charge in [0.1, 0.15) is 11.9 Å². The van der Waals surface area contributed by atoms with Gasteiger partial charge in [-0.15, -0.1) is 0 Å². The number of allylic oxidation sites excluding steroid dienone is 2. The Morgan fingerprint density at radius 3 is 2.40 bits per heavy atom. The van der Waals surface area contributed by atoms with Crippen LogP contribution in [0.2, 0.25) is 0 Å². The number of nitriles is 1. The third kappa shape index (κ3) is 5.52. The van der Waals surface area contributed by atoms with Crippen LogP contribution in [0.1, 0.15) is 60.8 Å². The molecule has 0 bridgehead atoms. The maximum atomic E-state index is 14.4. The normalized spacial score (nSPS) is 19.7. The minimum Gasteiger partial charge on any atom is -0.316 e. The van der Waals surface area contributed by atoms with E-state index in [2.05, 4.69) is 12.2 Å². The zero-order valence-electron chi connectivity index (χ0n) is 17.1. The van der Waals surface area contributed by atoms with Gasteiger partial charge < -0.3 is 4.74 Å². The molecule has 0 unspecified atom stereocenters. The van der Waals surface area contributed by atoms with Crippen LogP contribution in [0.3, 0.4) is 0 Å². The highest BCUT2D eigenvalue weighted by molar-refractivity contribution is 5.33. The molecule has 2 aromatic carbocycles. The van der Waals surface area contributed by atoms with Crippen LogP contribution in [-0.2, 0) is 17.3 Å². The van der Waals surface area contributed by atoms with Crippen molar-refractivity contribution in [3.8, 4) is 6.07 Å². The second-order valence-corrected chi connectivity index (χ2v) is 7.80. The van der Waals surface area contributed by atoms with Gasteiger partial charge in [-0.3, -0.25) is 0 Å². The average molecular weight is 413 g/mol. The zero-order chi connectivity index (χ0) is 21.6. The molecule has 5 heteroatoms. The van der Waals surface area contributed by atoms with Gasteiger partial charge in [0.15, 0.2) is 0 Å². The Kier molecular flexibility index (Phi) is 7.33. The van der Waals surface area contributed by atoms with Crippen molar-refractivity contribution in [3.63, 3.8) is 0 Å². The summed E-state index contributed by atoms with van der Waals surface area (Å²) in [4.78, 5) is 0. The zero-order valence-corrected chi connectivity index (χ0v) is 17.1. The molecular formula is C25H26F3NO. The minimum absolute atomic E-state index is 0.0691. The number of hydrogen-bond acceptors (Lipinski definition) is 2. The smallest absolute Gasteiger partial charge is 0.316 e. The number of alkyl halides is 2. The van der Waals surface area contributed by atoms with Crippen LogP contribution in [-0.4, -0.2) is 6.61 Å². The topological polar surface area (TPSA) is 33.0 Å². The third-order valence-electron chi connectivity index (χ3n) is 5.78. The first-order valence-corrected chi connectivity index (χ1v) is 10.4. The Labute approximate surface area is 176 Å². The average Bonchev–Trinajstić information content (AvgIpc) is 2.75. The number of halogens is 3. The Bertz CT molecular complexity index is 907. The van der Waals surface area contributed by atoms with Crippen molar-refractivity contribution in [2.45, 2.75) is 51.1 Å². The highest BCUT2D eigenvalue weighted by atomic mass is 19.3. The Hall–Kier alpha value is -2.58. The molecule has 0 heterocycles. The van der Waals surface area contributed by atoms with E-state index in [1.807, 2.05) is 6.92 Å². The summed E-state index contributed by atoms with van der Waals surface area (Å²) in [6.45, 7) is 1.78. The second-order valence-electron chi connectivity index (χ2n) is 7.80. The molecular weight excluding hydrogens is 387 g/mol. The maximum Gasteiger partial charge on any atom is 0.383 e. The highest BCUT2D eigenvalue weighted by Crippen LogP contribution is 2.37. The van der Waals surface area contributed by atoms with Gasteiger partial charge in [0, 0.05) is 0 Å². The van der Waals surface area contributed by atoms with Gasteiger partial charge in [0.2, 0.25) is 0 Å². The quantitative estimate of drug-likeness (QED) is 0.465. The molecule has 1 saturated carbocycles. The number of ether oxygens (including phenoxy) is 1. The monoisotopic (exact) mass is 413 g/mol. The first-order valence-electron chi connectivity index (χ1n) is 10.4. The van der Waals surface area contributed by atoms with Crippen LogP contribution in [0.15, 0.2) is 54.6 Å². The Morgan fingerprint density at radius 2 is 1.80 bits per heavy atom. The van der Waals surface area contributed by atoms with Gasteiger partial charge in [-0.05, 0) is 74.1 Å². The second kappa shape index (κ2) is 9.95. The van der Waals surface area contributed by atoms with Crippen molar-refractivity contribution < 1.29 is 17.9 Å². The molecule has 30 heavy (non-hydrogen) atoms. The van der Waals surface area contributed by atoms with E-state index in [-0.39, 0.29) is 24.2 Å². The summed E-state index contributed by atoms with van der Waals surface area (Å²) in [5.74, 6) is 0.395. The molecule has 0 spiro atoms. The van der Waals surface area contributed by atoms with Crippen LogP contribution in [0.4, 0.5) is 13.2 Å². The molecule has 2 nitrogen and oxygen atoms in total. The van der Waals surface area contributed by atoms with Gasteiger partial charge in [0.05, 0.1) is 17.7 Å². The fourth-order valence-corrected chi connectivity index (χ4v) is 4.05. The van der Waals surface area contributed by atoms with Gasteiger partial charge >= 0.3 is 6.11 Å². The molecule has 0 aromatic heterocycles. The summed E-state index contributed by atoms with van der Waals surface area (Å²) in [6, 6.07) is 12.2. The van der Waals surface area contributed by atoms with E-state index >= 15 is 0 Å². The largest absolute Gasteiger partial charge is 0.383 e. The molecule has 0 atom stereocenters. The summed E-state index contributed by atoms with van der Waals surface area (Å²) >= 11 is 0. The van der Waals surface area contributed by atoms with E-state index in [0.717, 1.165) is 31.2 Å². The summed E-state index contributed by atoms with van der Waals surface area (Å²) in [6.07, 6.45) is 5.48. The molecule has 0 N–H and O–H groups in total. The molecule has 3 rings (SSSR count). The van der Waals surface area contributed by atoms with Crippen LogP contribution >= 0.6 is 0 Å². The Morgan fingerprint density at radius 1 is 1.10 bits per heavy atom. The fraction of sp³-hybridized carbons (Fsp3) is 0.400. The van der Waals surface area contributed by atoms with E-state index in [4.69, 9.17) is 10.00 Å². The van der Waals surface area contributed by atoms with Crippen LogP contribution < -0.4 is 0 Å². The summed E-state index contributed by atoms with van der Waals surface area (Å²) in [7, 11) is 0. The van der Waals surface area contributed by atoms with Crippen molar-refractivity contribution in [2.75, 3.05) is 6.61 Å². The summed E-state index contributed by atoms with van der Waals surface area (Å²) in [5.41, 5.74) is 1.35. The van der Waals surface area contributed by atoms with Crippen LogP contribution in [0, 0.1) is 23.1 Å². The van der Waals surface area contributed by atoms with Crippen molar-refractivity contribution in [1.82, 2.24) is 0 Å². The lowest BCUT2D eigenvalue weighted by Gasteiger charge is -2.27. The van der Waals surface area contributed by atoms with Gasteiger partial charge in [-0.25, -0.2) is 4.39 Å². The molecule has 2 aromatic rings. The maximum absolute atomic E-state index is 14.4. The number of nitrogens with zero attached hydrogens (tertiary/aromatic N) is 1. The Balaban J connectivity index is 1.54. The predicted molar refractivity (Wildman–Crippen MR) is 111 cm³/mol. The molecule has 0 radical (unpaired) electrons. The first kappa shape index (κ1) is 22.1. The number of hydrogen-bond donors (Lipinski definition) is 0. The van der Waals surface area contributed by atoms with Crippen molar-refractivity contribution >= 4 is 0 Å². The molecule has 0 aliphatic heterocycles. The van der Waals surface area contributed by atoms with E-state index in [1.165, 1.54) is 24.3 Å². The molecule has 0 amide bonds. The fourth-order valence-electron chi connectivity index (χ4n) is 4.05. The SMILES string of the molecule is C/C=C/C1CCC(c2ccc(C(F)(F)OCCc3ccc(C#N)c(F)c3)cc2)CC1. The number of rotatable bonds is 7. The predicted octanol–water partition coefficient (Wildman–Crippen LogP) is 6.86. The first-order chi connectivity index (χ1) is 14.4. The summed E-state index contributed by atoms with van der Waals surface area (Å²) < 4.78 is 47.3. The van der Waals surface area contributed by atoms with Crippen molar-refractivity contribution in [1.29, 1.82) is 5.26 Å². The van der Waals surface area contributed by atoms with Crippen LogP contribution in [0.25, 0.3) is 0 Å². The molecule has 158 valence electrons. The van der Waals surface area contributed by atoms with Crippen molar-refractivity contribution in [3.05, 3.63) is 82.7 Å². The molecule has 1 fully saturated rings. The van der Waals surface area contributed by atoms with E-state index in [1.54, 1.807) is 24.3 Å². The third-order valence-corrected chi connectivity index (χ3v) is 5.78. The van der Waals surface area contributed by atoms with Crippen LogP contribution in [0.5, 0.6) is 0 Å².